The van der Waals surface area contributed by atoms with E-state index < -0.39 is 29.0 Å². The lowest BCUT2D eigenvalue weighted by atomic mass is 9.74. The Hall–Kier alpha value is -2.75. The highest BCUT2D eigenvalue weighted by atomic mass is 19.2. The van der Waals surface area contributed by atoms with Crippen molar-refractivity contribution in [2.24, 2.45) is 5.41 Å². The molecule has 1 atom stereocenters. The van der Waals surface area contributed by atoms with Crippen LogP contribution < -0.4 is 4.74 Å². The van der Waals surface area contributed by atoms with Gasteiger partial charge in [0.1, 0.15) is 11.9 Å². The van der Waals surface area contributed by atoms with E-state index in [9.17, 15) is 23.4 Å². The Bertz CT molecular complexity index is 1220. The quantitative estimate of drug-likeness (QED) is 0.246. The van der Waals surface area contributed by atoms with Gasteiger partial charge in [-0.15, -0.1) is 0 Å². The highest BCUT2D eigenvalue weighted by Gasteiger charge is 2.35. The number of halogens is 4. The lowest BCUT2D eigenvalue weighted by Gasteiger charge is -2.41. The van der Waals surface area contributed by atoms with Crippen LogP contribution >= 0.6 is 0 Å². The molecule has 38 heavy (non-hydrogen) atoms. The third kappa shape index (κ3) is 6.27. The Morgan fingerprint density at radius 1 is 1.08 bits per heavy atom. The number of aromatic nitrogens is 1. The molecule has 2 heterocycles. The molecular weight excluding hydrogens is 500 g/mol. The van der Waals surface area contributed by atoms with E-state index in [-0.39, 0.29) is 19.6 Å². The van der Waals surface area contributed by atoms with Crippen molar-refractivity contribution in [3.63, 3.8) is 0 Å². The van der Waals surface area contributed by atoms with E-state index in [4.69, 9.17) is 4.74 Å². The Morgan fingerprint density at radius 2 is 1.79 bits per heavy atom. The van der Waals surface area contributed by atoms with Gasteiger partial charge in [0.25, 0.3) is 0 Å². The van der Waals surface area contributed by atoms with Crippen LogP contribution in [-0.4, -0.2) is 53.4 Å². The fourth-order valence-electron chi connectivity index (χ4n) is 5.43. The molecular formula is C29H34F4N2O3. The minimum Gasteiger partial charge on any atom is -0.497 e. The molecule has 0 bridgehead atoms. The maximum atomic E-state index is 15.7. The maximum absolute atomic E-state index is 15.7. The number of fused-ring (bicyclic) bond motifs is 1. The second kappa shape index (κ2) is 12.4. The number of nitrogens with zero attached hydrogens (tertiary/aromatic N) is 2. The second-order valence-electron chi connectivity index (χ2n) is 10.2. The molecule has 0 radical (unpaired) electrons. The summed E-state index contributed by atoms with van der Waals surface area (Å²) in [4.78, 5) is 6.56. The van der Waals surface area contributed by atoms with Crippen LogP contribution in [0.15, 0.2) is 36.5 Å². The van der Waals surface area contributed by atoms with Crippen LogP contribution in [0.4, 0.5) is 17.6 Å². The number of methoxy groups -OCH3 is 1. The van der Waals surface area contributed by atoms with Crippen LogP contribution in [-0.2, 0) is 13.0 Å². The predicted octanol–water partition coefficient (Wildman–Crippen LogP) is 5.65. The molecule has 5 nitrogen and oxygen atoms in total. The number of aliphatic hydroxyl groups excluding tert-OH is 2. The van der Waals surface area contributed by atoms with Gasteiger partial charge in [-0.2, -0.15) is 0 Å². The molecule has 0 saturated carbocycles. The fourth-order valence-corrected chi connectivity index (χ4v) is 5.43. The highest BCUT2D eigenvalue weighted by molar-refractivity contribution is 5.85. The van der Waals surface area contributed by atoms with Crippen LogP contribution in [0.2, 0.25) is 0 Å². The summed E-state index contributed by atoms with van der Waals surface area (Å²) in [6.45, 7) is 1.78. The van der Waals surface area contributed by atoms with Crippen molar-refractivity contribution in [3.05, 3.63) is 70.7 Å². The van der Waals surface area contributed by atoms with Crippen molar-refractivity contribution in [1.82, 2.24) is 9.88 Å². The molecule has 2 aromatic carbocycles. The third-order valence-corrected chi connectivity index (χ3v) is 7.85. The van der Waals surface area contributed by atoms with Crippen molar-refractivity contribution in [2.75, 3.05) is 33.4 Å². The molecule has 0 unspecified atom stereocenters. The average molecular weight is 535 g/mol. The Balaban J connectivity index is 1.34. The summed E-state index contributed by atoms with van der Waals surface area (Å²) in [5.41, 5.74) is 1.49. The van der Waals surface area contributed by atoms with Gasteiger partial charge in [0, 0.05) is 29.3 Å². The van der Waals surface area contributed by atoms with E-state index in [1.165, 1.54) is 13.3 Å². The van der Waals surface area contributed by atoms with Gasteiger partial charge in [0.2, 0.25) is 0 Å². The fraction of sp³-hybridized carbons (Fsp3) is 0.483. The lowest BCUT2D eigenvalue weighted by Crippen LogP contribution is -2.42. The van der Waals surface area contributed by atoms with Crippen LogP contribution in [0, 0.1) is 22.9 Å². The lowest BCUT2D eigenvalue weighted by molar-refractivity contribution is 0.0299. The zero-order valence-electron chi connectivity index (χ0n) is 21.5. The molecule has 0 amide bonds. The van der Waals surface area contributed by atoms with E-state index in [0.29, 0.717) is 72.0 Å². The molecule has 9 heteroatoms. The molecule has 1 aliphatic rings. The first-order valence-electron chi connectivity index (χ1n) is 13.0. The van der Waals surface area contributed by atoms with Gasteiger partial charge >= 0.3 is 0 Å². The van der Waals surface area contributed by atoms with Crippen LogP contribution in [0.5, 0.6) is 5.75 Å². The summed E-state index contributed by atoms with van der Waals surface area (Å²) >= 11 is 0. The number of pyridine rings is 1. The summed E-state index contributed by atoms with van der Waals surface area (Å²) in [5.74, 6) is -3.23. The van der Waals surface area contributed by atoms with Crippen molar-refractivity contribution in [2.45, 2.75) is 51.3 Å². The number of ether oxygens (including phenoxy) is 1. The summed E-state index contributed by atoms with van der Waals surface area (Å²) in [6, 6.07) is 7.32. The number of piperidine rings is 1. The highest BCUT2D eigenvalue weighted by Crippen LogP contribution is 2.41. The Labute approximate surface area is 220 Å². The number of hydrogen-bond donors (Lipinski definition) is 2. The average Bonchev–Trinajstić information content (AvgIpc) is 2.94. The van der Waals surface area contributed by atoms with E-state index in [0.717, 1.165) is 25.2 Å². The molecule has 2 N–H and O–H groups in total. The van der Waals surface area contributed by atoms with Gasteiger partial charge in [0.05, 0.1) is 19.2 Å². The van der Waals surface area contributed by atoms with Gasteiger partial charge < -0.3 is 19.8 Å². The number of aryl methyl sites for hydroxylation is 1. The number of rotatable bonds is 11. The monoisotopic (exact) mass is 534 g/mol. The first-order chi connectivity index (χ1) is 18.3. The van der Waals surface area contributed by atoms with Gasteiger partial charge in [-0.25, -0.2) is 17.6 Å². The summed E-state index contributed by atoms with van der Waals surface area (Å²) in [7, 11) is 1.54. The Morgan fingerprint density at radius 3 is 2.42 bits per heavy atom. The normalized spacial score (nSPS) is 16.6. The smallest absolute Gasteiger partial charge is 0.194 e. The first kappa shape index (κ1) is 28.3. The molecule has 0 spiro atoms. The predicted molar refractivity (Wildman–Crippen MR) is 137 cm³/mol. The van der Waals surface area contributed by atoms with Gasteiger partial charge in [0.15, 0.2) is 17.5 Å². The first-order valence-corrected chi connectivity index (χ1v) is 13.0. The summed E-state index contributed by atoms with van der Waals surface area (Å²) < 4.78 is 61.1. The molecule has 1 aromatic heterocycles. The number of likely N-dealkylation sites (tertiary alicyclic amines) is 1. The van der Waals surface area contributed by atoms with Crippen LogP contribution in [0.3, 0.4) is 0 Å². The van der Waals surface area contributed by atoms with Crippen molar-refractivity contribution in [3.8, 4) is 5.75 Å². The number of benzene rings is 2. The van der Waals surface area contributed by atoms with E-state index in [1.54, 1.807) is 18.2 Å². The third-order valence-electron chi connectivity index (χ3n) is 7.85. The largest absolute Gasteiger partial charge is 0.497 e. The standard InChI is InChI=1S/C29H34F4N2O3/c1-38-21-4-5-26-22(15-21)27(20(17-36)16-34-26)23(30)6-7-29(18-37)8-11-35(12-9-29)10-2-3-19-13-24(31)28(33)25(32)14-19/h4-5,13-16,23,36-37H,2-3,6-12,17-18H2,1H3/t23-/m1/s1. The minimum absolute atomic E-state index is 0.0422. The molecule has 0 aliphatic carbocycles. The van der Waals surface area contributed by atoms with Gasteiger partial charge in [-0.1, -0.05) is 0 Å². The van der Waals surface area contributed by atoms with Crippen LogP contribution in [0.1, 0.15) is 55.0 Å². The topological polar surface area (TPSA) is 65.8 Å². The maximum Gasteiger partial charge on any atom is 0.194 e. The summed E-state index contributed by atoms with van der Waals surface area (Å²) in [6.07, 6.45) is 3.35. The van der Waals surface area contributed by atoms with Gasteiger partial charge in [-0.05, 0) is 99.5 Å². The molecule has 1 fully saturated rings. The van der Waals surface area contributed by atoms with E-state index in [1.807, 2.05) is 0 Å². The zero-order chi connectivity index (χ0) is 27.3. The van der Waals surface area contributed by atoms with E-state index in [2.05, 4.69) is 9.88 Å². The Kier molecular flexibility index (Phi) is 9.23. The van der Waals surface area contributed by atoms with Crippen molar-refractivity contribution < 1.29 is 32.5 Å². The molecule has 1 aliphatic heterocycles. The second-order valence-corrected chi connectivity index (χ2v) is 10.2. The number of aliphatic hydroxyl groups is 2. The van der Waals surface area contributed by atoms with Crippen molar-refractivity contribution >= 4 is 10.9 Å². The number of alkyl halides is 1. The van der Waals surface area contributed by atoms with Gasteiger partial charge in [-0.3, -0.25) is 4.98 Å². The molecule has 4 rings (SSSR count). The summed E-state index contributed by atoms with van der Waals surface area (Å²) in [5, 5.41) is 20.7. The minimum atomic E-state index is -1.45. The van der Waals surface area contributed by atoms with Crippen molar-refractivity contribution in [1.29, 1.82) is 0 Å². The molecule has 1 saturated heterocycles. The van der Waals surface area contributed by atoms with E-state index >= 15 is 4.39 Å². The SMILES string of the molecule is COc1ccc2ncc(CO)c([C@H](F)CCC3(CO)CCN(CCCc4cc(F)c(F)c(F)c4)CC3)c2c1. The molecule has 3 aromatic rings. The number of hydrogen-bond acceptors (Lipinski definition) is 5. The molecule has 206 valence electrons. The zero-order valence-corrected chi connectivity index (χ0v) is 21.5. The van der Waals surface area contributed by atoms with Crippen LogP contribution in [0.25, 0.3) is 10.9 Å².